The minimum Gasteiger partial charge on any atom is -0.347 e. The summed E-state index contributed by atoms with van der Waals surface area (Å²) in [6, 6.07) is 4.79. The molecule has 0 saturated carbocycles. The van der Waals surface area contributed by atoms with Gasteiger partial charge in [-0.25, -0.2) is 4.98 Å². The lowest BCUT2D eigenvalue weighted by atomic mass is 10.1. The van der Waals surface area contributed by atoms with Crippen molar-refractivity contribution in [3.8, 4) is 0 Å². The first-order valence-electron chi connectivity index (χ1n) is 5.87. The van der Waals surface area contributed by atoms with E-state index in [1.165, 1.54) is 0 Å². The normalized spacial score (nSPS) is 12.2. The van der Waals surface area contributed by atoms with E-state index >= 15 is 0 Å². The standard InChI is InChI=1S/C13H13Cl2N3O/c1-2-10(12-16-6-7-17-12)18-13(19)8-4-3-5-9(14)11(8)15/h3-7,10H,2H2,1H3,(H,16,17)(H,18,19). The van der Waals surface area contributed by atoms with E-state index < -0.39 is 0 Å². The first kappa shape index (κ1) is 13.9. The summed E-state index contributed by atoms with van der Waals surface area (Å²) in [4.78, 5) is 19.3. The smallest absolute Gasteiger partial charge is 0.253 e. The highest BCUT2D eigenvalue weighted by atomic mass is 35.5. The van der Waals surface area contributed by atoms with Gasteiger partial charge in [-0.2, -0.15) is 0 Å². The molecule has 2 aromatic rings. The summed E-state index contributed by atoms with van der Waals surface area (Å²) in [6.45, 7) is 1.97. The van der Waals surface area contributed by atoms with Crippen LogP contribution in [-0.2, 0) is 0 Å². The van der Waals surface area contributed by atoms with Crippen LogP contribution in [-0.4, -0.2) is 15.9 Å². The van der Waals surface area contributed by atoms with Crippen LogP contribution in [0.4, 0.5) is 0 Å². The van der Waals surface area contributed by atoms with Gasteiger partial charge < -0.3 is 10.3 Å². The largest absolute Gasteiger partial charge is 0.347 e. The van der Waals surface area contributed by atoms with Gasteiger partial charge in [-0.05, 0) is 18.6 Å². The van der Waals surface area contributed by atoms with E-state index in [1.54, 1.807) is 30.6 Å². The van der Waals surface area contributed by atoms with Gasteiger partial charge in [0, 0.05) is 12.4 Å². The molecular formula is C13H13Cl2N3O. The predicted octanol–water partition coefficient (Wildman–Crippen LogP) is 3.60. The Morgan fingerprint density at radius 1 is 1.47 bits per heavy atom. The van der Waals surface area contributed by atoms with Gasteiger partial charge in [-0.15, -0.1) is 0 Å². The van der Waals surface area contributed by atoms with Crippen LogP contribution < -0.4 is 5.32 Å². The van der Waals surface area contributed by atoms with Crippen LogP contribution in [0.3, 0.4) is 0 Å². The Labute approximate surface area is 121 Å². The summed E-state index contributed by atoms with van der Waals surface area (Å²) in [5.74, 6) is 0.449. The van der Waals surface area contributed by atoms with E-state index in [2.05, 4.69) is 15.3 Å². The summed E-state index contributed by atoms with van der Waals surface area (Å²) in [5, 5.41) is 3.50. The van der Waals surface area contributed by atoms with Crippen LogP contribution in [0.15, 0.2) is 30.6 Å². The van der Waals surface area contributed by atoms with E-state index in [-0.39, 0.29) is 17.0 Å². The van der Waals surface area contributed by atoms with E-state index in [9.17, 15) is 4.79 Å². The molecule has 1 amide bonds. The second kappa shape index (κ2) is 6.08. The van der Waals surface area contributed by atoms with Crippen LogP contribution in [0.5, 0.6) is 0 Å². The summed E-state index contributed by atoms with van der Waals surface area (Å²) in [7, 11) is 0. The van der Waals surface area contributed by atoms with Crippen LogP contribution in [0, 0.1) is 0 Å². The summed E-state index contributed by atoms with van der Waals surface area (Å²) < 4.78 is 0. The summed E-state index contributed by atoms with van der Waals surface area (Å²) >= 11 is 11.9. The number of H-pyrrole nitrogens is 1. The van der Waals surface area contributed by atoms with Crippen molar-refractivity contribution >= 4 is 29.1 Å². The number of aromatic nitrogens is 2. The maximum absolute atomic E-state index is 12.2. The van der Waals surface area contributed by atoms with Crippen LogP contribution in [0.25, 0.3) is 0 Å². The van der Waals surface area contributed by atoms with Gasteiger partial charge in [0.25, 0.3) is 5.91 Å². The van der Waals surface area contributed by atoms with Gasteiger partial charge in [-0.1, -0.05) is 36.2 Å². The van der Waals surface area contributed by atoms with Crippen LogP contribution in [0.1, 0.15) is 35.6 Å². The van der Waals surface area contributed by atoms with Gasteiger partial charge in [0.1, 0.15) is 5.82 Å². The average molecular weight is 298 g/mol. The number of nitrogens with one attached hydrogen (secondary N) is 2. The first-order valence-corrected chi connectivity index (χ1v) is 6.63. The molecule has 0 bridgehead atoms. The molecule has 0 saturated heterocycles. The van der Waals surface area contributed by atoms with Gasteiger partial charge >= 0.3 is 0 Å². The Kier molecular flexibility index (Phi) is 4.45. The van der Waals surface area contributed by atoms with Crippen molar-refractivity contribution in [2.75, 3.05) is 0 Å². The number of carbonyl (C=O) groups excluding carboxylic acids is 1. The highest BCUT2D eigenvalue weighted by Gasteiger charge is 2.18. The molecule has 1 unspecified atom stereocenters. The summed E-state index contributed by atoms with van der Waals surface area (Å²) in [5.41, 5.74) is 0.360. The zero-order valence-electron chi connectivity index (χ0n) is 10.3. The molecule has 1 heterocycles. The van der Waals surface area contributed by atoms with Crippen molar-refractivity contribution in [3.05, 3.63) is 52.0 Å². The molecule has 2 N–H and O–H groups in total. The third-order valence-electron chi connectivity index (χ3n) is 2.76. The van der Waals surface area contributed by atoms with Crippen molar-refractivity contribution < 1.29 is 4.79 Å². The van der Waals surface area contributed by atoms with E-state index in [0.717, 1.165) is 6.42 Å². The monoisotopic (exact) mass is 297 g/mol. The Balaban J connectivity index is 2.18. The van der Waals surface area contributed by atoms with Crippen LogP contribution in [0.2, 0.25) is 10.0 Å². The van der Waals surface area contributed by atoms with Crippen molar-refractivity contribution in [1.29, 1.82) is 0 Å². The number of rotatable bonds is 4. The molecule has 0 aliphatic heterocycles. The number of benzene rings is 1. The number of hydrogen-bond donors (Lipinski definition) is 2. The SMILES string of the molecule is CCC(NC(=O)c1cccc(Cl)c1Cl)c1ncc[nH]1. The van der Waals surface area contributed by atoms with Gasteiger partial charge in [-0.3, -0.25) is 4.79 Å². The van der Waals surface area contributed by atoms with Gasteiger partial charge in [0.15, 0.2) is 0 Å². The Bertz CT molecular complexity index is 569. The Hall–Kier alpha value is -1.52. The zero-order valence-corrected chi connectivity index (χ0v) is 11.8. The predicted molar refractivity (Wildman–Crippen MR) is 75.5 cm³/mol. The second-order valence-electron chi connectivity index (χ2n) is 4.01. The molecule has 6 heteroatoms. The molecule has 0 aliphatic rings. The van der Waals surface area contributed by atoms with Crippen LogP contribution >= 0.6 is 23.2 Å². The highest BCUT2D eigenvalue weighted by Crippen LogP contribution is 2.26. The third kappa shape index (κ3) is 3.08. The molecule has 1 aromatic heterocycles. The fourth-order valence-corrected chi connectivity index (χ4v) is 2.13. The molecule has 0 spiro atoms. The van der Waals surface area contributed by atoms with E-state index in [1.807, 2.05) is 6.92 Å². The number of carbonyl (C=O) groups is 1. The zero-order chi connectivity index (χ0) is 13.8. The molecule has 19 heavy (non-hydrogen) atoms. The maximum atomic E-state index is 12.2. The van der Waals surface area contributed by atoms with Gasteiger partial charge in [0.05, 0.1) is 21.7 Å². The molecule has 1 atom stereocenters. The Morgan fingerprint density at radius 2 is 2.26 bits per heavy atom. The number of imidazole rings is 1. The van der Waals surface area contributed by atoms with Crippen molar-refractivity contribution in [1.82, 2.24) is 15.3 Å². The second-order valence-corrected chi connectivity index (χ2v) is 4.80. The number of aromatic amines is 1. The molecule has 0 aliphatic carbocycles. The molecular weight excluding hydrogens is 285 g/mol. The summed E-state index contributed by atoms with van der Waals surface area (Å²) in [6.07, 6.45) is 4.09. The molecule has 0 radical (unpaired) electrons. The van der Waals surface area contributed by atoms with Gasteiger partial charge in [0.2, 0.25) is 0 Å². The minimum atomic E-state index is -0.268. The molecule has 100 valence electrons. The molecule has 2 rings (SSSR count). The first-order chi connectivity index (χ1) is 9.13. The maximum Gasteiger partial charge on any atom is 0.253 e. The molecule has 0 fully saturated rings. The van der Waals surface area contributed by atoms with Crippen molar-refractivity contribution in [2.45, 2.75) is 19.4 Å². The third-order valence-corrected chi connectivity index (χ3v) is 3.58. The topological polar surface area (TPSA) is 57.8 Å². The van der Waals surface area contributed by atoms with Crippen molar-refractivity contribution in [3.63, 3.8) is 0 Å². The molecule has 4 nitrogen and oxygen atoms in total. The number of hydrogen-bond acceptors (Lipinski definition) is 2. The minimum absolute atomic E-state index is 0.183. The lowest BCUT2D eigenvalue weighted by molar-refractivity contribution is 0.0934. The Morgan fingerprint density at radius 3 is 2.89 bits per heavy atom. The molecule has 1 aromatic carbocycles. The number of halogens is 2. The fourth-order valence-electron chi connectivity index (χ4n) is 1.75. The lowest BCUT2D eigenvalue weighted by Gasteiger charge is -2.15. The van der Waals surface area contributed by atoms with Crippen molar-refractivity contribution in [2.24, 2.45) is 0 Å². The highest BCUT2D eigenvalue weighted by molar-refractivity contribution is 6.43. The fraction of sp³-hybridized carbons (Fsp3) is 0.231. The lowest BCUT2D eigenvalue weighted by Crippen LogP contribution is -2.29. The van der Waals surface area contributed by atoms with E-state index in [4.69, 9.17) is 23.2 Å². The quantitative estimate of drug-likeness (QED) is 0.906. The average Bonchev–Trinajstić information content (AvgIpc) is 2.92. The van der Waals surface area contributed by atoms with E-state index in [0.29, 0.717) is 16.4 Å². The number of amides is 1. The number of nitrogens with zero attached hydrogens (tertiary/aromatic N) is 1.